The van der Waals surface area contributed by atoms with Gasteiger partial charge in [-0.25, -0.2) is 4.79 Å². The highest BCUT2D eigenvalue weighted by atomic mass is 16.3. The summed E-state index contributed by atoms with van der Waals surface area (Å²) < 4.78 is 0. The molecule has 2 N–H and O–H groups in total. The molecule has 0 saturated heterocycles. The first-order valence-corrected chi connectivity index (χ1v) is 6.00. The van der Waals surface area contributed by atoms with Crippen molar-refractivity contribution in [3.8, 4) is 0 Å². The van der Waals surface area contributed by atoms with Crippen LogP contribution in [0.25, 0.3) is 0 Å². The van der Waals surface area contributed by atoms with Crippen LogP contribution in [0.3, 0.4) is 0 Å². The highest BCUT2D eigenvalue weighted by Crippen LogP contribution is 2.26. The zero-order chi connectivity index (χ0) is 12.1. The van der Waals surface area contributed by atoms with Crippen molar-refractivity contribution >= 4 is 6.03 Å². The molecular weight excluding hydrogens is 216 g/mol. The highest BCUT2D eigenvalue weighted by molar-refractivity contribution is 5.74. The van der Waals surface area contributed by atoms with Crippen LogP contribution >= 0.6 is 0 Å². The summed E-state index contributed by atoms with van der Waals surface area (Å²) in [6, 6.07) is 10.1. The zero-order valence-corrected chi connectivity index (χ0v) is 9.80. The van der Waals surface area contributed by atoms with Crippen LogP contribution in [0, 0.1) is 0 Å². The van der Waals surface area contributed by atoms with Gasteiger partial charge in [-0.15, -0.1) is 0 Å². The number of amides is 2. The van der Waals surface area contributed by atoms with Gasteiger partial charge in [0.25, 0.3) is 0 Å². The summed E-state index contributed by atoms with van der Waals surface area (Å²) in [6.07, 6.45) is 2.11. The lowest BCUT2D eigenvalue weighted by Gasteiger charge is -2.21. The van der Waals surface area contributed by atoms with E-state index in [2.05, 4.69) is 5.32 Å². The summed E-state index contributed by atoms with van der Waals surface area (Å²) in [5.41, 5.74) is 1.08. The first-order valence-electron chi connectivity index (χ1n) is 6.00. The van der Waals surface area contributed by atoms with E-state index in [-0.39, 0.29) is 12.6 Å². The number of rotatable bonds is 5. The Labute approximate surface area is 101 Å². The Kier molecular flexibility index (Phi) is 3.98. The topological polar surface area (TPSA) is 52.6 Å². The fourth-order valence-electron chi connectivity index (χ4n) is 1.82. The maximum atomic E-state index is 11.9. The smallest absolute Gasteiger partial charge is 0.317 e. The number of carbonyl (C=O) groups is 1. The van der Waals surface area contributed by atoms with Gasteiger partial charge in [0.1, 0.15) is 0 Å². The van der Waals surface area contributed by atoms with Gasteiger partial charge in [0.05, 0.1) is 6.61 Å². The molecule has 0 aliphatic heterocycles. The SMILES string of the molecule is O=C(NCc1ccccc1)N(CCO)C1CC1. The van der Waals surface area contributed by atoms with Gasteiger partial charge in [0.2, 0.25) is 0 Å². The molecule has 1 aromatic carbocycles. The normalized spacial score (nSPS) is 14.4. The van der Waals surface area contributed by atoms with Crippen molar-refractivity contribution in [3.63, 3.8) is 0 Å². The van der Waals surface area contributed by atoms with Gasteiger partial charge in [-0.05, 0) is 18.4 Å². The van der Waals surface area contributed by atoms with E-state index >= 15 is 0 Å². The first kappa shape index (κ1) is 11.9. The molecule has 0 heterocycles. The molecule has 1 aliphatic carbocycles. The van der Waals surface area contributed by atoms with Crippen LogP contribution in [0.4, 0.5) is 4.79 Å². The molecule has 1 fully saturated rings. The number of nitrogens with zero attached hydrogens (tertiary/aromatic N) is 1. The largest absolute Gasteiger partial charge is 0.395 e. The second kappa shape index (κ2) is 5.68. The summed E-state index contributed by atoms with van der Waals surface area (Å²) >= 11 is 0. The average molecular weight is 234 g/mol. The van der Waals surface area contributed by atoms with Crippen LogP contribution in [0.5, 0.6) is 0 Å². The molecule has 2 rings (SSSR count). The number of aliphatic hydroxyl groups excluding tert-OH is 1. The third-order valence-corrected chi connectivity index (χ3v) is 2.88. The lowest BCUT2D eigenvalue weighted by atomic mass is 10.2. The maximum absolute atomic E-state index is 11.9. The van der Waals surface area contributed by atoms with E-state index in [1.807, 2.05) is 30.3 Å². The summed E-state index contributed by atoms with van der Waals surface area (Å²) in [5, 5.41) is 11.8. The summed E-state index contributed by atoms with van der Waals surface area (Å²) in [7, 11) is 0. The van der Waals surface area contributed by atoms with Crippen molar-refractivity contribution in [3.05, 3.63) is 35.9 Å². The van der Waals surface area contributed by atoms with Crippen LogP contribution in [0.1, 0.15) is 18.4 Å². The van der Waals surface area contributed by atoms with Gasteiger partial charge in [-0.1, -0.05) is 30.3 Å². The quantitative estimate of drug-likeness (QED) is 0.808. The minimum Gasteiger partial charge on any atom is -0.395 e. The molecule has 17 heavy (non-hydrogen) atoms. The molecule has 4 heteroatoms. The minimum atomic E-state index is -0.0783. The zero-order valence-electron chi connectivity index (χ0n) is 9.80. The molecule has 0 atom stereocenters. The van der Waals surface area contributed by atoms with E-state index in [0.717, 1.165) is 18.4 Å². The van der Waals surface area contributed by atoms with E-state index in [4.69, 9.17) is 5.11 Å². The lowest BCUT2D eigenvalue weighted by molar-refractivity contribution is 0.173. The standard InChI is InChI=1S/C13H18N2O2/c16-9-8-15(12-6-7-12)13(17)14-10-11-4-2-1-3-5-11/h1-5,12,16H,6-10H2,(H,14,17). The first-order chi connectivity index (χ1) is 8.31. The molecule has 92 valence electrons. The van der Waals surface area contributed by atoms with Crippen LogP contribution in [0.15, 0.2) is 30.3 Å². The Morgan fingerprint density at radius 1 is 1.35 bits per heavy atom. The second-order valence-corrected chi connectivity index (χ2v) is 4.29. The molecule has 1 aromatic rings. The van der Waals surface area contributed by atoms with Crippen molar-refractivity contribution in [1.29, 1.82) is 0 Å². The Morgan fingerprint density at radius 3 is 2.65 bits per heavy atom. The van der Waals surface area contributed by atoms with Gasteiger partial charge in [0.15, 0.2) is 0 Å². The average Bonchev–Trinajstić information content (AvgIpc) is 3.18. The molecule has 0 bridgehead atoms. The van der Waals surface area contributed by atoms with Gasteiger partial charge in [-0.2, -0.15) is 0 Å². The summed E-state index contributed by atoms with van der Waals surface area (Å²) in [6.45, 7) is 0.981. The van der Waals surface area contributed by atoms with Crippen molar-refractivity contribution < 1.29 is 9.90 Å². The number of hydrogen-bond acceptors (Lipinski definition) is 2. The molecule has 1 saturated carbocycles. The van der Waals surface area contributed by atoms with Gasteiger partial charge in [0, 0.05) is 19.1 Å². The van der Waals surface area contributed by atoms with Gasteiger partial charge < -0.3 is 15.3 Å². The second-order valence-electron chi connectivity index (χ2n) is 4.29. The van der Waals surface area contributed by atoms with Crippen molar-refractivity contribution in [2.75, 3.05) is 13.2 Å². The molecule has 2 amide bonds. The molecule has 4 nitrogen and oxygen atoms in total. The predicted molar refractivity (Wildman–Crippen MR) is 65.5 cm³/mol. The number of hydrogen-bond donors (Lipinski definition) is 2. The number of nitrogens with one attached hydrogen (secondary N) is 1. The van der Waals surface area contributed by atoms with Crippen molar-refractivity contribution in [2.24, 2.45) is 0 Å². The third kappa shape index (κ3) is 3.46. The van der Waals surface area contributed by atoms with E-state index in [0.29, 0.717) is 19.1 Å². The molecule has 0 unspecified atom stereocenters. The number of carbonyl (C=O) groups excluding carboxylic acids is 1. The lowest BCUT2D eigenvalue weighted by Crippen LogP contribution is -2.42. The van der Waals surface area contributed by atoms with Crippen LogP contribution in [-0.2, 0) is 6.54 Å². The Balaban J connectivity index is 1.83. The van der Waals surface area contributed by atoms with Crippen LogP contribution in [-0.4, -0.2) is 35.2 Å². The predicted octanol–water partition coefficient (Wildman–Crippen LogP) is 1.35. The number of aliphatic hydroxyl groups is 1. The van der Waals surface area contributed by atoms with Gasteiger partial charge >= 0.3 is 6.03 Å². The summed E-state index contributed by atoms with van der Waals surface area (Å²) in [4.78, 5) is 13.6. The van der Waals surface area contributed by atoms with Gasteiger partial charge in [-0.3, -0.25) is 0 Å². The molecule has 1 aliphatic rings. The maximum Gasteiger partial charge on any atom is 0.317 e. The number of benzene rings is 1. The number of urea groups is 1. The van der Waals surface area contributed by atoms with E-state index in [1.165, 1.54) is 0 Å². The molecule has 0 radical (unpaired) electrons. The minimum absolute atomic E-state index is 0.0231. The van der Waals surface area contributed by atoms with E-state index in [1.54, 1.807) is 4.90 Å². The van der Waals surface area contributed by atoms with Crippen LogP contribution < -0.4 is 5.32 Å². The summed E-state index contributed by atoms with van der Waals surface area (Å²) in [5.74, 6) is 0. The van der Waals surface area contributed by atoms with Crippen molar-refractivity contribution in [1.82, 2.24) is 10.2 Å². The van der Waals surface area contributed by atoms with E-state index < -0.39 is 0 Å². The highest BCUT2D eigenvalue weighted by Gasteiger charge is 2.31. The third-order valence-electron chi connectivity index (χ3n) is 2.88. The monoisotopic (exact) mass is 234 g/mol. The van der Waals surface area contributed by atoms with Crippen LogP contribution in [0.2, 0.25) is 0 Å². The van der Waals surface area contributed by atoms with Crippen molar-refractivity contribution in [2.45, 2.75) is 25.4 Å². The molecular formula is C13H18N2O2. The molecule has 0 spiro atoms. The fraction of sp³-hybridized carbons (Fsp3) is 0.462. The Bertz CT molecular complexity index is 363. The fourth-order valence-corrected chi connectivity index (χ4v) is 1.82. The Hall–Kier alpha value is -1.55. The van der Waals surface area contributed by atoms with E-state index in [9.17, 15) is 4.79 Å². The molecule has 0 aromatic heterocycles. The Morgan fingerprint density at radius 2 is 2.06 bits per heavy atom.